The monoisotopic (exact) mass is 350 g/mol. The molecule has 0 amide bonds. The van der Waals surface area contributed by atoms with Crippen molar-refractivity contribution in [3.63, 3.8) is 0 Å². The summed E-state index contributed by atoms with van der Waals surface area (Å²) in [4.78, 5) is 0. The summed E-state index contributed by atoms with van der Waals surface area (Å²) in [6.45, 7) is 0. The van der Waals surface area contributed by atoms with Crippen LogP contribution >= 0.6 is 0 Å². The minimum atomic E-state index is -5.17. The van der Waals surface area contributed by atoms with Crippen molar-refractivity contribution >= 4 is 0 Å². The van der Waals surface area contributed by atoms with Gasteiger partial charge in [0.2, 0.25) is 0 Å². The first-order valence-electron chi connectivity index (χ1n) is 6.59. The molecule has 8 heteroatoms. The molecule has 0 fully saturated rings. The highest BCUT2D eigenvalue weighted by Gasteiger charge is 2.44. The zero-order valence-electron chi connectivity index (χ0n) is 12.5. The van der Waals surface area contributed by atoms with Crippen LogP contribution in [0.2, 0.25) is 0 Å². The number of ether oxygens (including phenoxy) is 2. The number of alkyl halides is 6. The van der Waals surface area contributed by atoms with Gasteiger partial charge in [-0.3, -0.25) is 0 Å². The maximum Gasteiger partial charge on any atom is 0.417 e. The van der Waals surface area contributed by atoms with Crippen LogP contribution < -0.4 is 9.47 Å². The Hall–Kier alpha value is -2.38. The lowest BCUT2D eigenvalue weighted by atomic mass is 9.94. The topological polar surface area (TPSA) is 18.5 Å². The zero-order valence-corrected chi connectivity index (χ0v) is 12.5. The van der Waals surface area contributed by atoms with E-state index in [0.29, 0.717) is 6.07 Å². The molecule has 24 heavy (non-hydrogen) atoms. The van der Waals surface area contributed by atoms with Crippen LogP contribution in [0.5, 0.6) is 11.5 Å². The van der Waals surface area contributed by atoms with Gasteiger partial charge in [0.1, 0.15) is 0 Å². The fourth-order valence-corrected chi connectivity index (χ4v) is 2.34. The van der Waals surface area contributed by atoms with Gasteiger partial charge in [0.15, 0.2) is 11.5 Å². The molecular weight excluding hydrogens is 338 g/mol. The predicted molar refractivity (Wildman–Crippen MR) is 75.0 cm³/mol. The summed E-state index contributed by atoms with van der Waals surface area (Å²) in [7, 11) is 2.61. The summed E-state index contributed by atoms with van der Waals surface area (Å²) >= 11 is 0. The van der Waals surface area contributed by atoms with Crippen LogP contribution in [-0.2, 0) is 12.4 Å². The molecule has 130 valence electrons. The molecule has 0 spiro atoms. The van der Waals surface area contributed by atoms with E-state index < -0.39 is 29.0 Å². The highest BCUT2D eigenvalue weighted by atomic mass is 19.4. The van der Waals surface area contributed by atoms with Gasteiger partial charge in [-0.25, -0.2) is 0 Å². The van der Waals surface area contributed by atoms with Crippen molar-refractivity contribution in [3.8, 4) is 22.6 Å². The maximum atomic E-state index is 13.3. The summed E-state index contributed by atoms with van der Waals surface area (Å²) in [6, 6.07) is 6.10. The third-order valence-electron chi connectivity index (χ3n) is 3.35. The van der Waals surface area contributed by atoms with Crippen molar-refractivity contribution < 1.29 is 35.8 Å². The summed E-state index contributed by atoms with van der Waals surface area (Å²) < 4.78 is 88.8. The first-order chi connectivity index (χ1) is 11.1. The van der Waals surface area contributed by atoms with E-state index in [1.165, 1.54) is 32.4 Å². The highest BCUT2D eigenvalue weighted by molar-refractivity contribution is 5.72. The lowest BCUT2D eigenvalue weighted by Crippen LogP contribution is -2.17. The molecule has 0 N–H and O–H groups in total. The number of hydrogen-bond acceptors (Lipinski definition) is 2. The Morgan fingerprint density at radius 1 is 0.750 bits per heavy atom. The Balaban J connectivity index is 2.76. The Labute approximate surface area is 133 Å². The number of benzene rings is 2. The zero-order chi connectivity index (χ0) is 18.1. The van der Waals surface area contributed by atoms with Crippen LogP contribution in [0.3, 0.4) is 0 Å². The fourth-order valence-electron chi connectivity index (χ4n) is 2.34. The summed E-state index contributed by atoms with van der Waals surface area (Å²) in [5, 5.41) is 0. The second-order valence-electron chi connectivity index (χ2n) is 4.79. The van der Waals surface area contributed by atoms with E-state index in [1.54, 1.807) is 0 Å². The van der Waals surface area contributed by atoms with E-state index in [1.807, 2.05) is 0 Å². The van der Waals surface area contributed by atoms with Crippen molar-refractivity contribution in [2.24, 2.45) is 0 Å². The van der Waals surface area contributed by atoms with Crippen molar-refractivity contribution in [2.75, 3.05) is 14.2 Å². The van der Waals surface area contributed by atoms with Crippen molar-refractivity contribution in [1.82, 2.24) is 0 Å². The molecule has 0 saturated carbocycles. The van der Waals surface area contributed by atoms with Gasteiger partial charge >= 0.3 is 12.4 Å². The van der Waals surface area contributed by atoms with Crippen molar-refractivity contribution in [1.29, 1.82) is 0 Å². The molecule has 0 heterocycles. The molecule has 0 bridgehead atoms. The first kappa shape index (κ1) is 18.0. The SMILES string of the molecule is COc1ccc(-c2cccc(C(F)(F)F)c2C(F)(F)F)cc1OC. The van der Waals surface area contributed by atoms with E-state index in [4.69, 9.17) is 9.47 Å². The Bertz CT molecular complexity index is 734. The van der Waals surface area contributed by atoms with Gasteiger partial charge in [-0.05, 0) is 29.3 Å². The molecule has 2 nitrogen and oxygen atoms in total. The molecule has 0 aliphatic carbocycles. The van der Waals surface area contributed by atoms with E-state index in [0.717, 1.165) is 12.1 Å². The van der Waals surface area contributed by atoms with Gasteiger partial charge in [-0.15, -0.1) is 0 Å². The smallest absolute Gasteiger partial charge is 0.417 e. The fraction of sp³-hybridized carbons (Fsp3) is 0.250. The summed E-state index contributed by atoms with van der Waals surface area (Å²) in [5.41, 5.74) is -4.11. The molecule has 0 unspecified atom stereocenters. The standard InChI is InChI=1S/C16H12F6O2/c1-23-12-7-6-9(8-13(12)24-2)10-4-3-5-11(15(17,18)19)14(10)16(20,21)22/h3-8H,1-2H3. The van der Waals surface area contributed by atoms with E-state index in [9.17, 15) is 26.3 Å². The average Bonchev–Trinajstić information content (AvgIpc) is 2.51. The lowest BCUT2D eigenvalue weighted by Gasteiger charge is -2.19. The molecule has 2 aromatic carbocycles. The Morgan fingerprint density at radius 3 is 1.88 bits per heavy atom. The first-order valence-corrected chi connectivity index (χ1v) is 6.59. The third-order valence-corrected chi connectivity index (χ3v) is 3.35. The number of rotatable bonds is 3. The minimum Gasteiger partial charge on any atom is -0.493 e. The van der Waals surface area contributed by atoms with Crippen LogP contribution in [0.15, 0.2) is 36.4 Å². The predicted octanol–water partition coefficient (Wildman–Crippen LogP) is 5.41. The molecular formula is C16H12F6O2. The largest absolute Gasteiger partial charge is 0.493 e. The van der Waals surface area contributed by atoms with Crippen molar-refractivity contribution in [2.45, 2.75) is 12.4 Å². The van der Waals surface area contributed by atoms with Gasteiger partial charge in [-0.1, -0.05) is 18.2 Å². The van der Waals surface area contributed by atoms with Gasteiger partial charge in [0.05, 0.1) is 25.3 Å². The summed E-state index contributed by atoms with van der Waals surface area (Å²) in [5.74, 6) is 0.363. The molecule has 0 radical (unpaired) electrons. The molecule has 2 rings (SSSR count). The van der Waals surface area contributed by atoms with Gasteiger partial charge in [0.25, 0.3) is 0 Å². The maximum absolute atomic E-state index is 13.3. The lowest BCUT2D eigenvalue weighted by molar-refractivity contribution is -0.161. The van der Waals surface area contributed by atoms with Crippen LogP contribution in [0.4, 0.5) is 26.3 Å². The second-order valence-corrected chi connectivity index (χ2v) is 4.79. The van der Waals surface area contributed by atoms with E-state index >= 15 is 0 Å². The second kappa shape index (κ2) is 6.26. The van der Waals surface area contributed by atoms with Gasteiger partial charge in [-0.2, -0.15) is 26.3 Å². The van der Waals surface area contributed by atoms with Crippen LogP contribution in [-0.4, -0.2) is 14.2 Å². The normalized spacial score (nSPS) is 12.2. The Kier molecular flexibility index (Phi) is 4.68. The average molecular weight is 350 g/mol. The van der Waals surface area contributed by atoms with E-state index in [2.05, 4.69) is 0 Å². The number of methoxy groups -OCH3 is 2. The van der Waals surface area contributed by atoms with Crippen molar-refractivity contribution in [3.05, 3.63) is 47.5 Å². The van der Waals surface area contributed by atoms with E-state index in [-0.39, 0.29) is 17.1 Å². The number of hydrogen-bond donors (Lipinski definition) is 0. The van der Waals surface area contributed by atoms with Gasteiger partial charge in [0, 0.05) is 0 Å². The minimum absolute atomic E-state index is 0.0638. The Morgan fingerprint density at radius 2 is 1.38 bits per heavy atom. The third kappa shape index (κ3) is 3.42. The highest BCUT2D eigenvalue weighted by Crippen LogP contribution is 2.46. The molecule has 0 saturated heterocycles. The molecule has 0 aliphatic rings. The molecule has 0 aromatic heterocycles. The number of halogens is 6. The molecule has 2 aromatic rings. The van der Waals surface area contributed by atoms with Gasteiger partial charge < -0.3 is 9.47 Å². The van der Waals surface area contributed by atoms with Crippen LogP contribution in [0.25, 0.3) is 11.1 Å². The van der Waals surface area contributed by atoms with Crippen LogP contribution in [0.1, 0.15) is 11.1 Å². The van der Waals surface area contributed by atoms with Crippen LogP contribution in [0, 0.1) is 0 Å². The quantitative estimate of drug-likeness (QED) is 0.689. The summed E-state index contributed by atoms with van der Waals surface area (Å²) in [6.07, 6.45) is -10.3. The molecule has 0 atom stereocenters. The molecule has 0 aliphatic heterocycles.